The number of hydrogen-bond acceptors (Lipinski definition) is 3. The second-order valence-electron chi connectivity index (χ2n) is 7.19. The molecule has 1 atom stereocenters. The van der Waals surface area contributed by atoms with Gasteiger partial charge in [-0.1, -0.05) is 65.2 Å². The second kappa shape index (κ2) is 8.17. The number of ketones is 1. The van der Waals surface area contributed by atoms with Gasteiger partial charge in [0.1, 0.15) is 11.6 Å². The van der Waals surface area contributed by atoms with E-state index in [1.807, 2.05) is 6.92 Å². The van der Waals surface area contributed by atoms with Crippen molar-refractivity contribution in [3.05, 3.63) is 105 Å². The van der Waals surface area contributed by atoms with Gasteiger partial charge in [-0.05, 0) is 42.8 Å². The van der Waals surface area contributed by atoms with Crippen molar-refractivity contribution in [2.45, 2.75) is 13.0 Å². The molecule has 7 heteroatoms. The van der Waals surface area contributed by atoms with Crippen molar-refractivity contribution in [3.8, 4) is 0 Å². The number of carbonyl (C=O) groups is 2. The van der Waals surface area contributed by atoms with E-state index in [-0.39, 0.29) is 22.0 Å². The van der Waals surface area contributed by atoms with E-state index in [9.17, 15) is 19.1 Å². The number of aliphatic hydroxyl groups is 1. The first-order valence-corrected chi connectivity index (χ1v) is 10.1. The number of carbonyl (C=O) groups excluding carboxylic acids is 2. The van der Waals surface area contributed by atoms with E-state index in [2.05, 4.69) is 0 Å². The summed E-state index contributed by atoms with van der Waals surface area (Å²) in [5, 5.41) is 11.3. The smallest absolute Gasteiger partial charge is 0.300 e. The predicted octanol–water partition coefficient (Wildman–Crippen LogP) is 6.07. The summed E-state index contributed by atoms with van der Waals surface area (Å²) in [6, 6.07) is 16.3. The number of aryl methyl sites for hydroxylation is 1. The first-order chi connectivity index (χ1) is 14.8. The first kappa shape index (κ1) is 21.1. The highest BCUT2D eigenvalue weighted by Crippen LogP contribution is 2.43. The zero-order valence-electron chi connectivity index (χ0n) is 16.3. The third kappa shape index (κ3) is 3.82. The van der Waals surface area contributed by atoms with Crippen LogP contribution in [0.15, 0.2) is 72.3 Å². The lowest BCUT2D eigenvalue weighted by molar-refractivity contribution is -0.132. The highest BCUT2D eigenvalue weighted by Gasteiger charge is 2.47. The van der Waals surface area contributed by atoms with Crippen LogP contribution in [0.1, 0.15) is 22.7 Å². The van der Waals surface area contributed by atoms with Gasteiger partial charge in [-0.25, -0.2) is 4.39 Å². The molecule has 0 aromatic heterocycles. The number of benzene rings is 3. The fourth-order valence-electron chi connectivity index (χ4n) is 3.56. The number of aliphatic hydroxyl groups excluding tert-OH is 1. The Hall–Kier alpha value is -3.15. The fraction of sp³-hybridized carbons (Fsp3) is 0.0833. The minimum Gasteiger partial charge on any atom is -0.507 e. The van der Waals surface area contributed by atoms with E-state index in [0.717, 1.165) is 11.6 Å². The number of hydrogen-bond donors (Lipinski definition) is 1. The molecule has 0 radical (unpaired) electrons. The van der Waals surface area contributed by atoms with Crippen LogP contribution in [0.25, 0.3) is 5.76 Å². The Bertz CT molecular complexity index is 1220. The van der Waals surface area contributed by atoms with Crippen LogP contribution in [0.2, 0.25) is 10.0 Å². The minimum absolute atomic E-state index is 0.0726. The van der Waals surface area contributed by atoms with Gasteiger partial charge in [0.2, 0.25) is 0 Å². The van der Waals surface area contributed by atoms with Gasteiger partial charge in [-0.15, -0.1) is 0 Å². The molecule has 0 saturated carbocycles. The molecular formula is C24H16Cl2FNO3. The molecule has 0 spiro atoms. The van der Waals surface area contributed by atoms with Crippen LogP contribution in [0.3, 0.4) is 0 Å². The van der Waals surface area contributed by atoms with Crippen molar-refractivity contribution in [2.75, 3.05) is 4.90 Å². The van der Waals surface area contributed by atoms with Crippen LogP contribution < -0.4 is 4.90 Å². The first-order valence-electron chi connectivity index (χ1n) is 9.36. The molecule has 4 nitrogen and oxygen atoms in total. The van der Waals surface area contributed by atoms with Crippen LogP contribution in [0, 0.1) is 12.7 Å². The third-order valence-corrected chi connectivity index (χ3v) is 5.68. The molecule has 0 bridgehead atoms. The minimum atomic E-state index is -0.944. The molecule has 1 unspecified atom stereocenters. The predicted molar refractivity (Wildman–Crippen MR) is 119 cm³/mol. The van der Waals surface area contributed by atoms with Gasteiger partial charge in [0.15, 0.2) is 0 Å². The number of halogens is 3. The van der Waals surface area contributed by atoms with E-state index in [0.29, 0.717) is 16.1 Å². The maximum Gasteiger partial charge on any atom is 0.300 e. The van der Waals surface area contributed by atoms with Crippen molar-refractivity contribution in [3.63, 3.8) is 0 Å². The largest absolute Gasteiger partial charge is 0.507 e. The van der Waals surface area contributed by atoms with Gasteiger partial charge in [-0.3, -0.25) is 14.5 Å². The van der Waals surface area contributed by atoms with Crippen LogP contribution in [-0.4, -0.2) is 16.8 Å². The second-order valence-corrected chi connectivity index (χ2v) is 8.03. The summed E-state index contributed by atoms with van der Waals surface area (Å²) >= 11 is 11.9. The average Bonchev–Trinajstić information content (AvgIpc) is 3.01. The van der Waals surface area contributed by atoms with E-state index in [4.69, 9.17) is 23.2 Å². The van der Waals surface area contributed by atoms with E-state index < -0.39 is 23.5 Å². The van der Waals surface area contributed by atoms with Crippen molar-refractivity contribution in [1.82, 2.24) is 0 Å². The van der Waals surface area contributed by atoms with Gasteiger partial charge in [0.05, 0.1) is 16.6 Å². The summed E-state index contributed by atoms with van der Waals surface area (Å²) in [6.07, 6.45) is 0. The zero-order valence-corrected chi connectivity index (χ0v) is 17.8. The topological polar surface area (TPSA) is 57.6 Å². The summed E-state index contributed by atoms with van der Waals surface area (Å²) in [5.74, 6) is -2.64. The van der Waals surface area contributed by atoms with Crippen molar-refractivity contribution in [1.29, 1.82) is 0 Å². The van der Waals surface area contributed by atoms with Crippen LogP contribution >= 0.6 is 23.2 Å². The maximum atomic E-state index is 13.7. The fourth-order valence-corrected chi connectivity index (χ4v) is 3.86. The average molecular weight is 456 g/mol. The number of Topliss-reactive ketones (excluding diaryl/α,β-unsaturated/α-hetero) is 1. The molecule has 1 amide bonds. The Morgan fingerprint density at radius 2 is 1.61 bits per heavy atom. The Kier molecular flexibility index (Phi) is 5.56. The molecule has 1 fully saturated rings. The van der Waals surface area contributed by atoms with E-state index in [1.165, 1.54) is 17.0 Å². The molecule has 31 heavy (non-hydrogen) atoms. The lowest BCUT2D eigenvalue weighted by atomic mass is 9.95. The van der Waals surface area contributed by atoms with Crippen molar-refractivity contribution >= 4 is 46.3 Å². The van der Waals surface area contributed by atoms with Gasteiger partial charge < -0.3 is 5.11 Å². The normalized spacial score (nSPS) is 17.9. The molecule has 4 rings (SSSR count). The van der Waals surface area contributed by atoms with Gasteiger partial charge in [0, 0.05) is 16.3 Å². The molecule has 1 N–H and O–H groups in total. The molecule has 1 heterocycles. The summed E-state index contributed by atoms with van der Waals surface area (Å²) in [6.45, 7) is 1.90. The molecule has 3 aromatic rings. The molecule has 3 aromatic carbocycles. The summed E-state index contributed by atoms with van der Waals surface area (Å²) in [5.41, 5.74) is 2.10. The summed E-state index contributed by atoms with van der Waals surface area (Å²) in [7, 11) is 0. The molecule has 1 saturated heterocycles. The standard InChI is InChI=1S/C24H16Cl2FNO3/c1-13-2-4-15(5-3-13)22(29)20-21(14-6-8-16(25)9-7-14)28(24(31)23(20)30)17-10-11-19(27)18(26)12-17/h2-12,21,29H,1H3/b22-20+. The molecule has 1 aliphatic heterocycles. The van der Waals surface area contributed by atoms with Gasteiger partial charge in [0.25, 0.3) is 11.7 Å². The SMILES string of the molecule is Cc1ccc(/C(O)=C2\C(=O)C(=O)N(c3ccc(F)c(Cl)c3)C2c2ccc(Cl)cc2)cc1. The Balaban J connectivity index is 1.95. The zero-order chi connectivity index (χ0) is 22.3. The van der Waals surface area contributed by atoms with Crippen molar-refractivity contribution in [2.24, 2.45) is 0 Å². The van der Waals surface area contributed by atoms with Crippen LogP contribution in [0.4, 0.5) is 10.1 Å². The Morgan fingerprint density at radius 3 is 2.23 bits per heavy atom. The third-order valence-electron chi connectivity index (χ3n) is 5.14. The van der Waals surface area contributed by atoms with E-state index >= 15 is 0 Å². The Morgan fingerprint density at radius 1 is 0.968 bits per heavy atom. The molecular weight excluding hydrogens is 440 g/mol. The van der Waals surface area contributed by atoms with Gasteiger partial charge in [-0.2, -0.15) is 0 Å². The molecule has 1 aliphatic rings. The summed E-state index contributed by atoms with van der Waals surface area (Å²) < 4.78 is 13.7. The van der Waals surface area contributed by atoms with E-state index in [1.54, 1.807) is 48.5 Å². The van der Waals surface area contributed by atoms with Crippen molar-refractivity contribution < 1.29 is 19.1 Å². The highest BCUT2D eigenvalue weighted by molar-refractivity contribution is 6.51. The quantitative estimate of drug-likeness (QED) is 0.296. The summed E-state index contributed by atoms with van der Waals surface area (Å²) in [4.78, 5) is 27.3. The monoisotopic (exact) mass is 455 g/mol. The lowest BCUT2D eigenvalue weighted by Gasteiger charge is -2.25. The maximum absolute atomic E-state index is 13.7. The molecule has 156 valence electrons. The van der Waals surface area contributed by atoms with Crippen LogP contribution in [0.5, 0.6) is 0 Å². The number of rotatable bonds is 3. The van der Waals surface area contributed by atoms with Gasteiger partial charge >= 0.3 is 0 Å². The number of amides is 1. The highest BCUT2D eigenvalue weighted by atomic mass is 35.5. The number of nitrogens with zero attached hydrogens (tertiary/aromatic N) is 1. The van der Waals surface area contributed by atoms with Crippen LogP contribution in [-0.2, 0) is 9.59 Å². The Labute approximate surface area is 188 Å². The molecule has 0 aliphatic carbocycles. The lowest BCUT2D eigenvalue weighted by Crippen LogP contribution is -2.29. The number of anilines is 1.